The van der Waals surface area contributed by atoms with Gasteiger partial charge in [0.2, 0.25) is 0 Å². The Morgan fingerprint density at radius 3 is 2.77 bits per heavy atom. The summed E-state index contributed by atoms with van der Waals surface area (Å²) in [5.74, 6) is 2.21. The summed E-state index contributed by atoms with van der Waals surface area (Å²) in [7, 11) is 0. The Morgan fingerprint density at radius 2 is 1.96 bits per heavy atom. The van der Waals surface area contributed by atoms with Crippen molar-refractivity contribution in [3.05, 3.63) is 72.1 Å². The number of carbonyl (C=O) groups is 1. The molecule has 2 N–H and O–H groups in total. The van der Waals surface area contributed by atoms with Crippen molar-refractivity contribution in [2.75, 3.05) is 5.32 Å². The van der Waals surface area contributed by atoms with Gasteiger partial charge in [-0.15, -0.1) is 6.42 Å². The normalized spacial score (nSPS) is 10.6. The minimum absolute atomic E-state index is 0.193. The van der Waals surface area contributed by atoms with Crippen LogP contribution in [-0.2, 0) is 0 Å². The van der Waals surface area contributed by atoms with Crippen LogP contribution in [0.1, 0.15) is 15.9 Å². The molecule has 124 valence electrons. The van der Waals surface area contributed by atoms with Gasteiger partial charge in [0.25, 0.3) is 0 Å². The van der Waals surface area contributed by atoms with E-state index in [1.807, 2.05) is 30.3 Å². The smallest absolute Gasteiger partial charge is 0.335 e. The first-order valence-corrected chi connectivity index (χ1v) is 7.90. The molecular formula is C21H13N3O2. The maximum absolute atomic E-state index is 11.3. The predicted octanol–water partition coefficient (Wildman–Crippen LogP) is 4.21. The van der Waals surface area contributed by atoms with E-state index in [0.717, 1.165) is 27.4 Å². The number of terminal acetylenes is 1. The largest absolute Gasteiger partial charge is 0.478 e. The summed E-state index contributed by atoms with van der Waals surface area (Å²) in [6.45, 7) is 0. The van der Waals surface area contributed by atoms with Gasteiger partial charge in [-0.05, 0) is 41.8 Å². The summed E-state index contributed by atoms with van der Waals surface area (Å²) in [6.07, 6.45) is 8.90. The highest BCUT2D eigenvalue weighted by molar-refractivity contribution is 6.11. The molecule has 4 rings (SSSR count). The third kappa shape index (κ3) is 2.70. The molecule has 0 bridgehead atoms. The highest BCUT2D eigenvalue weighted by atomic mass is 16.4. The van der Waals surface area contributed by atoms with Gasteiger partial charge in [0.05, 0.1) is 11.1 Å². The SMILES string of the molecule is C#Cc1cccc(Nc2nc3cc(C(=O)O)ccc3c3ccncc23)c1. The number of anilines is 2. The van der Waals surface area contributed by atoms with E-state index in [4.69, 9.17) is 6.42 Å². The van der Waals surface area contributed by atoms with Gasteiger partial charge in [0.15, 0.2) is 0 Å². The topological polar surface area (TPSA) is 75.1 Å². The maximum atomic E-state index is 11.3. The minimum atomic E-state index is -0.986. The van der Waals surface area contributed by atoms with E-state index >= 15 is 0 Å². The molecular weight excluding hydrogens is 326 g/mol. The van der Waals surface area contributed by atoms with Crippen molar-refractivity contribution in [3.63, 3.8) is 0 Å². The van der Waals surface area contributed by atoms with E-state index in [9.17, 15) is 9.90 Å². The molecule has 5 heteroatoms. The number of rotatable bonds is 3. The molecule has 26 heavy (non-hydrogen) atoms. The molecule has 2 aromatic heterocycles. The maximum Gasteiger partial charge on any atom is 0.335 e. The number of pyridine rings is 2. The zero-order valence-electron chi connectivity index (χ0n) is 13.6. The zero-order valence-corrected chi connectivity index (χ0v) is 13.6. The van der Waals surface area contributed by atoms with E-state index in [1.54, 1.807) is 30.6 Å². The molecule has 4 aromatic rings. The molecule has 2 heterocycles. The van der Waals surface area contributed by atoms with Crippen molar-refractivity contribution in [1.82, 2.24) is 9.97 Å². The minimum Gasteiger partial charge on any atom is -0.478 e. The van der Waals surface area contributed by atoms with E-state index in [1.165, 1.54) is 0 Å². The molecule has 0 saturated heterocycles. The van der Waals surface area contributed by atoms with E-state index in [0.29, 0.717) is 11.3 Å². The lowest BCUT2D eigenvalue weighted by atomic mass is 10.1. The number of hydrogen-bond acceptors (Lipinski definition) is 4. The summed E-state index contributed by atoms with van der Waals surface area (Å²) in [5.41, 5.74) is 2.34. The third-order valence-electron chi connectivity index (χ3n) is 4.14. The molecule has 0 saturated carbocycles. The van der Waals surface area contributed by atoms with Crippen molar-refractivity contribution in [2.24, 2.45) is 0 Å². The highest BCUT2D eigenvalue weighted by Crippen LogP contribution is 2.31. The molecule has 5 nitrogen and oxygen atoms in total. The number of hydrogen-bond donors (Lipinski definition) is 2. The monoisotopic (exact) mass is 339 g/mol. The number of fused-ring (bicyclic) bond motifs is 3. The Labute approximate surface area is 149 Å². The van der Waals surface area contributed by atoms with Crippen LogP contribution in [0.4, 0.5) is 11.5 Å². The van der Waals surface area contributed by atoms with Crippen molar-refractivity contribution in [2.45, 2.75) is 0 Å². The average molecular weight is 339 g/mol. The lowest BCUT2D eigenvalue weighted by Crippen LogP contribution is -1.99. The first kappa shape index (κ1) is 15.6. The number of nitrogens with one attached hydrogen (secondary N) is 1. The van der Waals surface area contributed by atoms with Gasteiger partial charge < -0.3 is 10.4 Å². The van der Waals surface area contributed by atoms with Gasteiger partial charge in [-0.2, -0.15) is 0 Å². The number of aromatic nitrogens is 2. The first-order chi connectivity index (χ1) is 12.7. The van der Waals surface area contributed by atoms with Crippen LogP contribution in [0.25, 0.3) is 21.7 Å². The summed E-state index contributed by atoms with van der Waals surface area (Å²) in [6, 6.07) is 14.3. The van der Waals surface area contributed by atoms with Crippen LogP contribution in [-0.4, -0.2) is 21.0 Å². The molecule has 0 aliphatic carbocycles. The lowest BCUT2D eigenvalue weighted by Gasteiger charge is -2.12. The van der Waals surface area contributed by atoms with Crippen LogP contribution in [0.3, 0.4) is 0 Å². The number of nitrogens with zero attached hydrogens (tertiary/aromatic N) is 2. The van der Waals surface area contributed by atoms with Gasteiger partial charge in [-0.3, -0.25) is 4.98 Å². The second-order valence-electron chi connectivity index (χ2n) is 5.77. The summed E-state index contributed by atoms with van der Waals surface area (Å²) in [4.78, 5) is 20.1. The fourth-order valence-electron chi connectivity index (χ4n) is 2.90. The first-order valence-electron chi connectivity index (χ1n) is 7.90. The molecule has 0 unspecified atom stereocenters. The number of carboxylic acid groups (broad SMARTS) is 1. The summed E-state index contributed by atoms with van der Waals surface area (Å²) in [5, 5.41) is 15.2. The molecule has 0 aliphatic heterocycles. The Hall–Kier alpha value is -3.91. The summed E-state index contributed by atoms with van der Waals surface area (Å²) < 4.78 is 0. The number of benzene rings is 2. The van der Waals surface area contributed by atoms with E-state index in [2.05, 4.69) is 21.2 Å². The van der Waals surface area contributed by atoms with Gasteiger partial charge >= 0.3 is 5.97 Å². The molecule has 0 amide bonds. The fourth-order valence-corrected chi connectivity index (χ4v) is 2.90. The van der Waals surface area contributed by atoms with Crippen molar-refractivity contribution < 1.29 is 9.90 Å². The molecule has 0 fully saturated rings. The second-order valence-corrected chi connectivity index (χ2v) is 5.77. The molecule has 0 spiro atoms. The summed E-state index contributed by atoms with van der Waals surface area (Å²) >= 11 is 0. The van der Waals surface area contributed by atoms with Crippen LogP contribution >= 0.6 is 0 Å². The lowest BCUT2D eigenvalue weighted by molar-refractivity contribution is 0.0697. The third-order valence-corrected chi connectivity index (χ3v) is 4.14. The Kier molecular flexibility index (Phi) is 3.71. The Morgan fingerprint density at radius 1 is 1.08 bits per heavy atom. The highest BCUT2D eigenvalue weighted by Gasteiger charge is 2.11. The standard InChI is InChI=1S/C21H13N3O2/c1-2-13-4-3-5-15(10-13)23-20-18-12-22-9-8-16(18)17-7-6-14(21(25)26)11-19(17)24-20/h1,3-12H,(H,23,24)(H,25,26). The van der Waals surface area contributed by atoms with Crippen LogP contribution in [0.2, 0.25) is 0 Å². The van der Waals surface area contributed by atoms with Crippen LogP contribution < -0.4 is 5.32 Å². The van der Waals surface area contributed by atoms with Crippen molar-refractivity contribution in [1.29, 1.82) is 0 Å². The zero-order chi connectivity index (χ0) is 18.1. The van der Waals surface area contributed by atoms with E-state index in [-0.39, 0.29) is 5.56 Å². The Bertz CT molecular complexity index is 1210. The van der Waals surface area contributed by atoms with E-state index < -0.39 is 5.97 Å². The van der Waals surface area contributed by atoms with Crippen LogP contribution in [0, 0.1) is 12.3 Å². The van der Waals surface area contributed by atoms with Crippen molar-refractivity contribution in [3.8, 4) is 12.3 Å². The van der Waals surface area contributed by atoms with Gasteiger partial charge in [-0.25, -0.2) is 9.78 Å². The van der Waals surface area contributed by atoms with Gasteiger partial charge in [0, 0.05) is 34.4 Å². The van der Waals surface area contributed by atoms with Gasteiger partial charge in [0.1, 0.15) is 5.82 Å². The van der Waals surface area contributed by atoms with Crippen LogP contribution in [0.5, 0.6) is 0 Å². The molecule has 0 aliphatic rings. The quantitative estimate of drug-likeness (QED) is 0.432. The second kappa shape index (κ2) is 6.19. The molecule has 2 aromatic carbocycles. The Balaban J connectivity index is 1.94. The van der Waals surface area contributed by atoms with Gasteiger partial charge in [-0.1, -0.05) is 18.1 Å². The predicted molar refractivity (Wildman–Crippen MR) is 102 cm³/mol. The fraction of sp³-hybridized carbons (Fsp3) is 0. The average Bonchev–Trinajstić information content (AvgIpc) is 2.68. The van der Waals surface area contributed by atoms with Crippen LogP contribution in [0.15, 0.2) is 60.9 Å². The van der Waals surface area contributed by atoms with Crippen molar-refractivity contribution >= 4 is 39.1 Å². The number of carboxylic acids is 1. The number of aromatic carboxylic acids is 1. The molecule has 0 atom stereocenters. The molecule has 0 radical (unpaired) electrons.